The van der Waals surface area contributed by atoms with Crippen LogP contribution in [0.25, 0.3) is 12.2 Å². The summed E-state index contributed by atoms with van der Waals surface area (Å²) >= 11 is 14.3. The van der Waals surface area contributed by atoms with Gasteiger partial charge in [-0.2, -0.15) is 0 Å². The van der Waals surface area contributed by atoms with Crippen LogP contribution >= 0.6 is 23.2 Å². The number of benzene rings is 2. The number of fused-ring (bicyclic) bond motifs is 2. The van der Waals surface area contributed by atoms with Gasteiger partial charge in [0.2, 0.25) is 0 Å². The van der Waals surface area contributed by atoms with Crippen molar-refractivity contribution in [2.24, 2.45) is 0 Å². The van der Waals surface area contributed by atoms with Gasteiger partial charge >= 0.3 is 0 Å². The third kappa shape index (κ3) is 2.93. The summed E-state index contributed by atoms with van der Waals surface area (Å²) in [6.45, 7) is 4.37. The smallest absolute Gasteiger partial charge is 0.0873 e. The Balaban J connectivity index is 0.00000196. The molecule has 2 aromatic rings. The summed E-state index contributed by atoms with van der Waals surface area (Å²) < 4.78 is 0. The molecule has 0 saturated heterocycles. The molecule has 2 aliphatic rings. The van der Waals surface area contributed by atoms with Gasteiger partial charge < -0.3 is 0 Å². The zero-order valence-electron chi connectivity index (χ0n) is 15.2. The van der Waals surface area contributed by atoms with Crippen molar-refractivity contribution in [1.29, 1.82) is 0 Å². The molecule has 0 aliphatic heterocycles. The van der Waals surface area contributed by atoms with Crippen molar-refractivity contribution in [1.82, 2.24) is 0 Å². The largest absolute Gasteiger partial charge is 0.110 e. The molecular weight excluding hydrogens is 411 g/mol. The molecule has 132 valence electrons. The maximum absolute atomic E-state index is 7.17. The van der Waals surface area contributed by atoms with E-state index in [1.54, 1.807) is 0 Å². The molecule has 0 nitrogen and oxygen atoms in total. The van der Waals surface area contributed by atoms with Gasteiger partial charge in [-0.3, -0.25) is 0 Å². The molecule has 2 atom stereocenters. The van der Waals surface area contributed by atoms with E-state index in [0.717, 1.165) is 12.8 Å². The van der Waals surface area contributed by atoms with E-state index in [-0.39, 0.29) is 31.5 Å². The van der Waals surface area contributed by atoms with Crippen LogP contribution in [0, 0.1) is 0 Å². The molecule has 0 aromatic heterocycles. The van der Waals surface area contributed by atoms with Gasteiger partial charge in [0.1, 0.15) is 0 Å². The van der Waals surface area contributed by atoms with E-state index >= 15 is 0 Å². The minimum absolute atomic E-state index is 0. The molecule has 2 unspecified atom stereocenters. The van der Waals surface area contributed by atoms with Crippen molar-refractivity contribution in [2.45, 2.75) is 36.4 Å². The van der Waals surface area contributed by atoms with Gasteiger partial charge in [-0.05, 0) is 35.1 Å². The first-order valence-corrected chi connectivity index (χ1v) is 11.2. The molecule has 0 heterocycles. The Morgan fingerprint density at radius 2 is 1.12 bits per heavy atom. The normalized spacial score (nSPS) is 26.3. The van der Waals surface area contributed by atoms with Crippen LogP contribution in [-0.2, 0) is 31.5 Å². The molecule has 2 aliphatic carbocycles. The summed E-state index contributed by atoms with van der Waals surface area (Å²) in [4.78, 5) is -0.714. The van der Waals surface area contributed by atoms with Crippen molar-refractivity contribution in [3.8, 4) is 0 Å². The third-order valence-electron chi connectivity index (χ3n) is 5.81. The molecule has 4 heteroatoms. The van der Waals surface area contributed by atoms with Gasteiger partial charge in [0, 0.05) is 21.7 Å². The second-order valence-electron chi connectivity index (χ2n) is 7.00. The Kier molecular flexibility index (Phi) is 5.78. The third-order valence-corrected chi connectivity index (χ3v) is 10.1. The summed E-state index contributed by atoms with van der Waals surface area (Å²) in [7, 11) is -0.736. The molecule has 0 saturated carbocycles. The summed E-state index contributed by atoms with van der Waals surface area (Å²) in [5.41, 5.74) is 5.06. The zero-order valence-corrected chi connectivity index (χ0v) is 19.6. The van der Waals surface area contributed by atoms with Crippen molar-refractivity contribution >= 4 is 44.9 Å². The van der Waals surface area contributed by atoms with Crippen molar-refractivity contribution < 1.29 is 21.7 Å². The van der Waals surface area contributed by atoms with E-state index in [9.17, 15) is 0 Å². The summed E-state index contributed by atoms with van der Waals surface area (Å²) in [6, 6.07) is 17.1. The molecule has 0 bridgehead atoms. The first-order chi connectivity index (χ1) is 12.0. The van der Waals surface area contributed by atoms with Crippen molar-refractivity contribution in [3.05, 3.63) is 81.2 Å². The monoisotopic (exact) mass is 432 g/mol. The standard InChI is InChI=1S/C22H22Cl2Si.Ti/c1-3-21(23)17-11-7-5-9-15(17)13-19(21)25-20-14-16-10-6-8-12-18(16)22(20,24)4-2;/h5-14H,3-4,25H2,1-2H3;. The second-order valence-corrected chi connectivity index (χ2v) is 10.2. The van der Waals surface area contributed by atoms with Crippen LogP contribution in [-0.4, -0.2) is 9.52 Å². The Hall–Kier alpha value is -0.569. The first-order valence-electron chi connectivity index (χ1n) is 9.02. The predicted octanol–water partition coefficient (Wildman–Crippen LogP) is 5.95. The van der Waals surface area contributed by atoms with Gasteiger partial charge in [-0.15, -0.1) is 23.2 Å². The van der Waals surface area contributed by atoms with Crippen LogP contribution in [0.5, 0.6) is 0 Å². The molecule has 4 rings (SSSR count). The quantitative estimate of drug-likeness (QED) is 0.413. The molecule has 0 N–H and O–H groups in total. The van der Waals surface area contributed by atoms with E-state index in [2.05, 4.69) is 74.5 Å². The fourth-order valence-electron chi connectivity index (χ4n) is 4.34. The number of halogens is 2. The summed E-state index contributed by atoms with van der Waals surface area (Å²) in [6.07, 6.45) is 6.47. The number of hydrogen-bond acceptors (Lipinski definition) is 0. The van der Waals surface area contributed by atoms with E-state index in [1.165, 1.54) is 32.6 Å². The topological polar surface area (TPSA) is 0 Å². The minimum atomic E-state index is -0.736. The van der Waals surface area contributed by atoms with E-state index in [4.69, 9.17) is 23.2 Å². The summed E-state index contributed by atoms with van der Waals surface area (Å²) in [5.74, 6) is 0. The maximum Gasteiger partial charge on any atom is 0.0873 e. The van der Waals surface area contributed by atoms with Crippen molar-refractivity contribution in [3.63, 3.8) is 0 Å². The van der Waals surface area contributed by atoms with E-state index < -0.39 is 9.52 Å². The maximum atomic E-state index is 7.17. The van der Waals surface area contributed by atoms with Gasteiger partial charge in [0.25, 0.3) is 0 Å². The Labute approximate surface area is 183 Å². The number of rotatable bonds is 4. The molecular formula is C22H22Cl2SiTi. The number of allylic oxidation sites excluding steroid dienone is 2. The average Bonchev–Trinajstić information content (AvgIpc) is 3.09. The van der Waals surface area contributed by atoms with Crippen LogP contribution in [0.4, 0.5) is 0 Å². The van der Waals surface area contributed by atoms with E-state index in [1.807, 2.05) is 0 Å². The van der Waals surface area contributed by atoms with Crippen LogP contribution in [0.1, 0.15) is 48.9 Å². The minimum Gasteiger partial charge on any atom is -0.110 e. The van der Waals surface area contributed by atoms with Crippen LogP contribution in [0.3, 0.4) is 0 Å². The molecule has 26 heavy (non-hydrogen) atoms. The van der Waals surface area contributed by atoms with Gasteiger partial charge in [-0.1, -0.05) is 84.9 Å². The fraction of sp³-hybridized carbons (Fsp3) is 0.273. The molecule has 0 spiro atoms. The molecule has 0 amide bonds. The second kappa shape index (κ2) is 7.45. The SMILES string of the molecule is CCC1(Cl)C([SiH2]C2=Cc3ccccc3C2(Cl)CC)=Cc2ccccc21.[Ti]. The average molecular weight is 433 g/mol. The first kappa shape index (κ1) is 20.2. The Bertz CT molecular complexity index is 831. The summed E-state index contributed by atoms with van der Waals surface area (Å²) in [5, 5.41) is 2.80. The van der Waals surface area contributed by atoms with Crippen LogP contribution < -0.4 is 0 Å². The van der Waals surface area contributed by atoms with Gasteiger partial charge in [0.05, 0.1) is 19.3 Å². The number of alkyl halides is 2. The molecule has 0 radical (unpaired) electrons. The molecule has 2 aromatic carbocycles. The molecule has 0 fully saturated rings. The van der Waals surface area contributed by atoms with Gasteiger partial charge in [-0.25, -0.2) is 0 Å². The van der Waals surface area contributed by atoms with Crippen LogP contribution in [0.15, 0.2) is 58.9 Å². The Morgan fingerprint density at radius 1 is 0.731 bits per heavy atom. The zero-order chi connectivity index (χ0) is 17.7. The van der Waals surface area contributed by atoms with Gasteiger partial charge in [0.15, 0.2) is 0 Å². The van der Waals surface area contributed by atoms with Crippen molar-refractivity contribution in [2.75, 3.05) is 0 Å². The number of hydrogen-bond donors (Lipinski definition) is 0. The fourth-order valence-corrected chi connectivity index (χ4v) is 7.69. The van der Waals surface area contributed by atoms with Crippen LogP contribution in [0.2, 0.25) is 0 Å². The predicted molar refractivity (Wildman–Crippen MR) is 113 cm³/mol. The Morgan fingerprint density at radius 3 is 1.50 bits per heavy atom. The van der Waals surface area contributed by atoms with E-state index in [0.29, 0.717) is 0 Å².